The van der Waals surface area contributed by atoms with Crippen molar-refractivity contribution in [2.45, 2.75) is 6.42 Å². The molecule has 4 nitrogen and oxygen atoms in total. The number of aliphatic carboxylic acids is 1. The third kappa shape index (κ3) is 2.33. The number of anilines is 1. The predicted octanol–water partition coefficient (Wildman–Crippen LogP) is 2.00. The molecule has 84 valence electrons. The van der Waals surface area contributed by atoms with E-state index in [9.17, 15) is 9.59 Å². The average molecular weight is 240 g/mol. The molecule has 2 atom stereocenters. The molecule has 1 aromatic rings. The number of rotatable bonds is 3. The van der Waals surface area contributed by atoms with Gasteiger partial charge in [-0.2, -0.15) is 0 Å². The van der Waals surface area contributed by atoms with Crippen molar-refractivity contribution in [1.82, 2.24) is 0 Å². The molecule has 0 aliphatic heterocycles. The molecule has 0 aromatic heterocycles. The van der Waals surface area contributed by atoms with Gasteiger partial charge in [-0.25, -0.2) is 0 Å². The second kappa shape index (κ2) is 4.14. The molecule has 2 N–H and O–H groups in total. The van der Waals surface area contributed by atoms with Crippen LogP contribution in [-0.4, -0.2) is 17.0 Å². The summed E-state index contributed by atoms with van der Waals surface area (Å²) in [6.07, 6.45) is 0.425. The van der Waals surface area contributed by atoms with Crippen LogP contribution in [-0.2, 0) is 9.59 Å². The highest BCUT2D eigenvalue weighted by Crippen LogP contribution is 2.39. The van der Waals surface area contributed by atoms with Crippen LogP contribution >= 0.6 is 11.6 Å². The van der Waals surface area contributed by atoms with Gasteiger partial charge in [0, 0.05) is 10.7 Å². The third-order valence-corrected chi connectivity index (χ3v) is 2.81. The van der Waals surface area contributed by atoms with Gasteiger partial charge in [-0.1, -0.05) is 11.6 Å². The summed E-state index contributed by atoms with van der Waals surface area (Å²) < 4.78 is 0. The van der Waals surface area contributed by atoms with Crippen molar-refractivity contribution in [3.05, 3.63) is 29.3 Å². The number of carboxylic acids is 1. The molecule has 0 heterocycles. The average Bonchev–Trinajstić information content (AvgIpc) is 3.01. The van der Waals surface area contributed by atoms with Crippen LogP contribution in [0.25, 0.3) is 0 Å². The first-order valence-electron chi connectivity index (χ1n) is 4.87. The Bertz CT molecular complexity index is 429. The van der Waals surface area contributed by atoms with Crippen LogP contribution in [0.1, 0.15) is 6.42 Å². The molecule has 1 aliphatic carbocycles. The first-order valence-corrected chi connectivity index (χ1v) is 5.25. The summed E-state index contributed by atoms with van der Waals surface area (Å²) in [5, 5.41) is 11.9. The van der Waals surface area contributed by atoms with Crippen molar-refractivity contribution < 1.29 is 14.7 Å². The number of carbonyl (C=O) groups excluding carboxylic acids is 1. The van der Waals surface area contributed by atoms with E-state index in [0.29, 0.717) is 17.1 Å². The van der Waals surface area contributed by atoms with E-state index in [1.807, 2.05) is 0 Å². The van der Waals surface area contributed by atoms with Crippen molar-refractivity contribution >= 4 is 29.2 Å². The van der Waals surface area contributed by atoms with Crippen LogP contribution in [0, 0.1) is 11.8 Å². The first-order chi connectivity index (χ1) is 7.58. The van der Waals surface area contributed by atoms with E-state index in [0.717, 1.165) is 0 Å². The van der Waals surface area contributed by atoms with Crippen molar-refractivity contribution in [3.63, 3.8) is 0 Å². The molecule has 1 amide bonds. The normalized spacial score (nSPS) is 22.6. The standard InChI is InChI=1S/C11H10ClNO3/c12-6-1-3-7(4-2-6)13-10(14)8-5-9(8)11(15)16/h1-4,8-9H,5H2,(H,13,14)(H,15,16)/t8-,9+/m0/s1. The van der Waals surface area contributed by atoms with Crippen molar-refractivity contribution in [1.29, 1.82) is 0 Å². The number of amides is 1. The molecule has 1 fully saturated rings. The fourth-order valence-electron chi connectivity index (χ4n) is 1.53. The highest BCUT2D eigenvalue weighted by atomic mass is 35.5. The maximum atomic E-state index is 11.6. The van der Waals surface area contributed by atoms with Crippen LogP contribution in [0.4, 0.5) is 5.69 Å². The predicted molar refractivity (Wildman–Crippen MR) is 59.3 cm³/mol. The zero-order valence-corrected chi connectivity index (χ0v) is 9.07. The van der Waals surface area contributed by atoms with Gasteiger partial charge in [0.2, 0.25) is 5.91 Å². The number of carbonyl (C=O) groups is 2. The number of carboxylic acid groups (broad SMARTS) is 1. The summed E-state index contributed by atoms with van der Waals surface area (Å²) >= 11 is 5.70. The maximum Gasteiger partial charge on any atom is 0.307 e. The minimum Gasteiger partial charge on any atom is -0.481 e. The smallest absolute Gasteiger partial charge is 0.307 e. The Morgan fingerprint density at radius 2 is 1.88 bits per heavy atom. The summed E-state index contributed by atoms with van der Waals surface area (Å²) in [4.78, 5) is 22.1. The van der Waals surface area contributed by atoms with E-state index < -0.39 is 17.8 Å². The number of hydrogen-bond acceptors (Lipinski definition) is 2. The first kappa shape index (κ1) is 11.0. The SMILES string of the molecule is O=C(Nc1ccc(Cl)cc1)[C@H]1C[C@H]1C(=O)O. The van der Waals surface area contributed by atoms with Crippen molar-refractivity contribution in [3.8, 4) is 0 Å². The fraction of sp³-hybridized carbons (Fsp3) is 0.273. The molecule has 1 aromatic carbocycles. The largest absolute Gasteiger partial charge is 0.481 e. The highest BCUT2D eigenvalue weighted by Gasteiger charge is 2.48. The molecule has 0 unspecified atom stereocenters. The number of hydrogen-bond donors (Lipinski definition) is 2. The van der Waals surface area contributed by atoms with Crippen LogP contribution in [0.2, 0.25) is 5.02 Å². The van der Waals surface area contributed by atoms with Gasteiger partial charge in [-0.3, -0.25) is 9.59 Å². The molecule has 1 aliphatic rings. The number of benzene rings is 1. The number of nitrogens with one attached hydrogen (secondary N) is 1. The molecule has 0 radical (unpaired) electrons. The zero-order chi connectivity index (χ0) is 11.7. The third-order valence-electron chi connectivity index (χ3n) is 2.56. The van der Waals surface area contributed by atoms with E-state index in [-0.39, 0.29) is 5.91 Å². The summed E-state index contributed by atoms with van der Waals surface area (Å²) in [6.45, 7) is 0. The Kier molecular flexibility index (Phi) is 2.83. The summed E-state index contributed by atoms with van der Waals surface area (Å²) in [5.74, 6) is -2.06. The Morgan fingerprint density at radius 1 is 1.25 bits per heavy atom. The second-order valence-corrected chi connectivity index (χ2v) is 4.22. The molecule has 0 spiro atoms. The van der Waals surface area contributed by atoms with Gasteiger partial charge in [-0.05, 0) is 30.7 Å². The molecule has 0 bridgehead atoms. The molecule has 5 heteroatoms. The second-order valence-electron chi connectivity index (χ2n) is 3.78. The Hall–Kier alpha value is -1.55. The summed E-state index contributed by atoms with van der Waals surface area (Å²) in [5.41, 5.74) is 0.630. The zero-order valence-electron chi connectivity index (χ0n) is 8.31. The topological polar surface area (TPSA) is 66.4 Å². The Morgan fingerprint density at radius 3 is 2.38 bits per heavy atom. The maximum absolute atomic E-state index is 11.6. The van der Waals surface area contributed by atoms with Gasteiger partial charge in [0.05, 0.1) is 11.8 Å². The minimum atomic E-state index is -0.906. The van der Waals surface area contributed by atoms with Gasteiger partial charge in [0.25, 0.3) is 0 Å². The number of halogens is 1. The fourth-order valence-corrected chi connectivity index (χ4v) is 1.65. The molecule has 1 saturated carbocycles. The monoisotopic (exact) mass is 239 g/mol. The lowest BCUT2D eigenvalue weighted by atomic mass is 10.2. The lowest BCUT2D eigenvalue weighted by Gasteiger charge is -2.03. The van der Waals surface area contributed by atoms with Crippen LogP contribution in [0.15, 0.2) is 24.3 Å². The van der Waals surface area contributed by atoms with Gasteiger partial charge in [0.1, 0.15) is 0 Å². The molecular weight excluding hydrogens is 230 g/mol. The van der Waals surface area contributed by atoms with Crippen LogP contribution in [0.5, 0.6) is 0 Å². The van der Waals surface area contributed by atoms with Crippen molar-refractivity contribution in [2.24, 2.45) is 11.8 Å². The van der Waals surface area contributed by atoms with E-state index in [1.54, 1.807) is 24.3 Å². The van der Waals surface area contributed by atoms with Gasteiger partial charge >= 0.3 is 5.97 Å². The molecular formula is C11H10ClNO3. The molecule has 0 saturated heterocycles. The molecule has 2 rings (SSSR count). The van der Waals surface area contributed by atoms with Crippen molar-refractivity contribution in [2.75, 3.05) is 5.32 Å². The lowest BCUT2D eigenvalue weighted by molar-refractivity contribution is -0.139. The molecule has 16 heavy (non-hydrogen) atoms. The summed E-state index contributed by atoms with van der Waals surface area (Å²) in [6, 6.07) is 6.69. The van der Waals surface area contributed by atoms with Crippen LogP contribution in [0.3, 0.4) is 0 Å². The van der Waals surface area contributed by atoms with E-state index in [4.69, 9.17) is 16.7 Å². The van der Waals surface area contributed by atoms with Gasteiger partial charge in [0.15, 0.2) is 0 Å². The Labute approximate surface area is 97.2 Å². The lowest BCUT2D eigenvalue weighted by Crippen LogP contribution is -2.16. The van der Waals surface area contributed by atoms with E-state index in [1.165, 1.54) is 0 Å². The van der Waals surface area contributed by atoms with Crippen LogP contribution < -0.4 is 5.32 Å². The van der Waals surface area contributed by atoms with E-state index in [2.05, 4.69) is 5.32 Å². The van der Waals surface area contributed by atoms with E-state index >= 15 is 0 Å². The quantitative estimate of drug-likeness (QED) is 0.848. The van der Waals surface area contributed by atoms with Gasteiger partial charge < -0.3 is 10.4 Å². The van der Waals surface area contributed by atoms with Gasteiger partial charge in [-0.15, -0.1) is 0 Å². The summed E-state index contributed by atoms with van der Waals surface area (Å²) in [7, 11) is 0. The minimum absolute atomic E-state index is 0.241. The Balaban J connectivity index is 1.94. The highest BCUT2D eigenvalue weighted by molar-refractivity contribution is 6.30.